The average Bonchev–Trinajstić information content (AvgIpc) is 2.83. The van der Waals surface area contributed by atoms with Crippen molar-refractivity contribution >= 4 is 46.3 Å². The third-order valence-electron chi connectivity index (χ3n) is 3.56. The number of aromatic carboxylic acids is 1. The molecule has 1 amide bonds. The van der Waals surface area contributed by atoms with Gasteiger partial charge >= 0.3 is 5.97 Å². The number of carbonyl (C=O) groups excluding carboxylic acids is 1. The van der Waals surface area contributed by atoms with Gasteiger partial charge in [0.15, 0.2) is 0 Å². The first-order chi connectivity index (χ1) is 11.9. The van der Waals surface area contributed by atoms with E-state index < -0.39 is 5.97 Å². The molecule has 1 heterocycles. The number of halogens is 1. The van der Waals surface area contributed by atoms with Crippen LogP contribution in [0.1, 0.15) is 21.5 Å². The highest BCUT2D eigenvalue weighted by molar-refractivity contribution is 8.26. The molecule has 25 heavy (non-hydrogen) atoms. The van der Waals surface area contributed by atoms with E-state index in [1.807, 2.05) is 0 Å². The molecule has 0 spiro atoms. The Kier molecular flexibility index (Phi) is 4.96. The van der Waals surface area contributed by atoms with Gasteiger partial charge in [-0.3, -0.25) is 9.69 Å². The molecule has 0 radical (unpaired) electrons. The van der Waals surface area contributed by atoms with Gasteiger partial charge in [-0.05, 0) is 41.5 Å². The van der Waals surface area contributed by atoms with E-state index in [0.29, 0.717) is 20.4 Å². The maximum absolute atomic E-state index is 13.3. The van der Waals surface area contributed by atoms with Gasteiger partial charge in [0.25, 0.3) is 5.91 Å². The van der Waals surface area contributed by atoms with Gasteiger partial charge in [0.1, 0.15) is 10.1 Å². The zero-order valence-corrected chi connectivity index (χ0v) is 14.4. The van der Waals surface area contributed by atoms with Crippen LogP contribution in [-0.4, -0.2) is 26.2 Å². The Labute approximate surface area is 153 Å². The van der Waals surface area contributed by atoms with Crippen LogP contribution in [0.3, 0.4) is 0 Å². The van der Waals surface area contributed by atoms with Gasteiger partial charge in [-0.2, -0.15) is 0 Å². The van der Waals surface area contributed by atoms with E-state index in [9.17, 15) is 14.0 Å². The van der Waals surface area contributed by atoms with Crippen LogP contribution < -0.4 is 0 Å². The van der Waals surface area contributed by atoms with Crippen LogP contribution in [-0.2, 0) is 11.3 Å². The van der Waals surface area contributed by atoms with Gasteiger partial charge in [-0.1, -0.05) is 48.2 Å². The van der Waals surface area contributed by atoms with Crippen molar-refractivity contribution in [1.82, 2.24) is 4.90 Å². The predicted molar refractivity (Wildman–Crippen MR) is 98.5 cm³/mol. The number of benzene rings is 2. The van der Waals surface area contributed by atoms with Crippen molar-refractivity contribution in [2.75, 3.05) is 0 Å². The second-order valence-electron chi connectivity index (χ2n) is 5.32. The van der Waals surface area contributed by atoms with Gasteiger partial charge in [-0.25, -0.2) is 9.18 Å². The molecule has 0 saturated carbocycles. The number of carboxylic acid groups (broad SMARTS) is 1. The molecule has 0 aliphatic carbocycles. The summed E-state index contributed by atoms with van der Waals surface area (Å²) >= 11 is 6.42. The van der Waals surface area contributed by atoms with Crippen LogP contribution >= 0.6 is 24.0 Å². The number of carboxylic acids is 1. The third-order valence-corrected chi connectivity index (χ3v) is 4.94. The summed E-state index contributed by atoms with van der Waals surface area (Å²) in [7, 11) is 0. The molecule has 7 heteroatoms. The average molecular weight is 373 g/mol. The van der Waals surface area contributed by atoms with Gasteiger partial charge in [0, 0.05) is 0 Å². The molecular weight excluding hydrogens is 361 g/mol. The SMILES string of the molecule is O=C(O)c1ccc(C=C2SC(=S)N(Cc3cccc(F)c3)C2=O)cc1. The highest BCUT2D eigenvalue weighted by atomic mass is 32.2. The fourth-order valence-electron chi connectivity index (χ4n) is 2.33. The smallest absolute Gasteiger partial charge is 0.335 e. The second kappa shape index (κ2) is 7.16. The first-order valence-electron chi connectivity index (χ1n) is 7.27. The minimum Gasteiger partial charge on any atom is -0.478 e. The maximum atomic E-state index is 13.3. The summed E-state index contributed by atoms with van der Waals surface area (Å²) in [5.74, 6) is -1.62. The summed E-state index contributed by atoms with van der Waals surface area (Å²) in [6, 6.07) is 12.2. The van der Waals surface area contributed by atoms with Crippen molar-refractivity contribution in [3.05, 3.63) is 75.9 Å². The lowest BCUT2D eigenvalue weighted by Gasteiger charge is -2.14. The van der Waals surface area contributed by atoms with Crippen LogP contribution in [0.2, 0.25) is 0 Å². The number of amides is 1. The second-order valence-corrected chi connectivity index (χ2v) is 7.00. The molecule has 2 aromatic carbocycles. The van der Waals surface area contributed by atoms with E-state index in [1.54, 1.807) is 30.3 Å². The van der Waals surface area contributed by atoms with Crippen molar-refractivity contribution in [2.24, 2.45) is 0 Å². The number of thiocarbonyl (C=S) groups is 1. The molecule has 1 fully saturated rings. The zero-order chi connectivity index (χ0) is 18.0. The third kappa shape index (κ3) is 3.94. The number of nitrogens with zero attached hydrogens (tertiary/aromatic N) is 1. The van der Waals surface area contributed by atoms with Crippen LogP contribution in [0.4, 0.5) is 4.39 Å². The van der Waals surface area contributed by atoms with Crippen LogP contribution in [0, 0.1) is 5.82 Å². The topological polar surface area (TPSA) is 57.6 Å². The van der Waals surface area contributed by atoms with E-state index in [1.165, 1.54) is 40.9 Å². The van der Waals surface area contributed by atoms with Crippen molar-refractivity contribution in [3.8, 4) is 0 Å². The molecule has 3 rings (SSSR count). The van der Waals surface area contributed by atoms with Crippen molar-refractivity contribution in [3.63, 3.8) is 0 Å². The standard InChI is InChI=1S/C18H12FNO3S2/c19-14-3-1-2-12(8-14)10-20-16(21)15(25-18(20)24)9-11-4-6-13(7-5-11)17(22)23/h1-9H,10H2,(H,22,23). The Morgan fingerprint density at radius 2 is 1.96 bits per heavy atom. The molecule has 126 valence electrons. The van der Waals surface area contributed by atoms with Crippen molar-refractivity contribution in [2.45, 2.75) is 6.54 Å². The molecule has 2 aromatic rings. The maximum Gasteiger partial charge on any atom is 0.335 e. The molecule has 1 saturated heterocycles. The Morgan fingerprint density at radius 3 is 2.60 bits per heavy atom. The predicted octanol–water partition coefficient (Wildman–Crippen LogP) is 3.93. The minimum atomic E-state index is -1.01. The summed E-state index contributed by atoms with van der Waals surface area (Å²) in [5, 5.41) is 8.91. The Morgan fingerprint density at radius 1 is 1.24 bits per heavy atom. The zero-order valence-electron chi connectivity index (χ0n) is 12.8. The summed E-state index contributed by atoms with van der Waals surface area (Å²) in [6.45, 7) is 0.206. The Hall–Kier alpha value is -2.51. The first kappa shape index (κ1) is 17.3. The molecule has 0 bridgehead atoms. The number of rotatable bonds is 4. The van der Waals surface area contributed by atoms with Crippen LogP contribution in [0.15, 0.2) is 53.4 Å². The van der Waals surface area contributed by atoms with Crippen LogP contribution in [0.5, 0.6) is 0 Å². The fraction of sp³-hybridized carbons (Fsp3) is 0.0556. The summed E-state index contributed by atoms with van der Waals surface area (Å²) in [5.41, 5.74) is 1.54. The number of thioether (sulfide) groups is 1. The summed E-state index contributed by atoms with van der Waals surface area (Å²) in [4.78, 5) is 25.3. The van der Waals surface area contributed by atoms with Crippen molar-refractivity contribution < 1.29 is 19.1 Å². The van der Waals surface area contributed by atoms with Gasteiger partial charge in [-0.15, -0.1) is 0 Å². The number of hydrogen-bond acceptors (Lipinski definition) is 4. The molecule has 0 aromatic heterocycles. The molecule has 4 nitrogen and oxygen atoms in total. The summed E-state index contributed by atoms with van der Waals surface area (Å²) < 4.78 is 13.7. The van der Waals surface area contributed by atoms with Gasteiger partial charge in [0.05, 0.1) is 17.0 Å². The number of carbonyl (C=O) groups is 2. The summed E-state index contributed by atoms with van der Waals surface area (Å²) in [6.07, 6.45) is 1.66. The van der Waals surface area contributed by atoms with E-state index >= 15 is 0 Å². The highest BCUT2D eigenvalue weighted by Gasteiger charge is 2.32. The van der Waals surface area contributed by atoms with E-state index in [-0.39, 0.29) is 23.8 Å². The Balaban J connectivity index is 1.79. The van der Waals surface area contributed by atoms with Crippen molar-refractivity contribution in [1.29, 1.82) is 0 Å². The van der Waals surface area contributed by atoms with E-state index in [4.69, 9.17) is 17.3 Å². The molecule has 1 aliphatic rings. The first-order valence-corrected chi connectivity index (χ1v) is 8.50. The fourth-order valence-corrected chi connectivity index (χ4v) is 3.58. The normalized spacial score (nSPS) is 15.9. The largest absolute Gasteiger partial charge is 0.478 e. The monoisotopic (exact) mass is 373 g/mol. The molecule has 0 atom stereocenters. The van der Waals surface area contributed by atoms with Gasteiger partial charge < -0.3 is 5.11 Å². The van der Waals surface area contributed by atoms with Gasteiger partial charge in [0.2, 0.25) is 0 Å². The Bertz CT molecular complexity index is 893. The lowest BCUT2D eigenvalue weighted by Crippen LogP contribution is -2.27. The quantitative estimate of drug-likeness (QED) is 0.650. The molecule has 1 N–H and O–H groups in total. The highest BCUT2D eigenvalue weighted by Crippen LogP contribution is 2.33. The number of hydrogen-bond donors (Lipinski definition) is 1. The molecule has 1 aliphatic heterocycles. The van der Waals surface area contributed by atoms with Crippen LogP contribution in [0.25, 0.3) is 6.08 Å². The van der Waals surface area contributed by atoms with E-state index in [2.05, 4.69) is 0 Å². The lowest BCUT2D eigenvalue weighted by molar-refractivity contribution is -0.122. The molecular formula is C18H12FNO3S2. The lowest BCUT2D eigenvalue weighted by atomic mass is 10.1. The van der Waals surface area contributed by atoms with E-state index in [0.717, 1.165) is 0 Å². The minimum absolute atomic E-state index is 0.177. The molecule has 0 unspecified atom stereocenters.